The first kappa shape index (κ1) is 22.9. The molecule has 178 valence electrons. The Morgan fingerprint density at radius 2 is 1.71 bits per heavy atom. The second kappa shape index (κ2) is 9.39. The van der Waals surface area contributed by atoms with Gasteiger partial charge in [-0.1, -0.05) is 60.2 Å². The van der Waals surface area contributed by atoms with Crippen molar-refractivity contribution in [2.45, 2.75) is 32.3 Å². The van der Waals surface area contributed by atoms with Crippen molar-refractivity contribution >= 4 is 17.4 Å². The molecule has 3 heterocycles. The molecular weight excluding hydrogens is 438 g/mol. The van der Waals surface area contributed by atoms with Crippen LogP contribution in [-0.4, -0.2) is 29.1 Å². The lowest BCUT2D eigenvalue weighted by Crippen LogP contribution is -2.42. The predicted octanol–water partition coefficient (Wildman–Crippen LogP) is 5.70. The van der Waals surface area contributed by atoms with Crippen LogP contribution in [0.1, 0.15) is 40.1 Å². The number of anilines is 2. The molecule has 0 spiro atoms. The Hall–Kier alpha value is -3.90. The summed E-state index contributed by atoms with van der Waals surface area (Å²) in [6.07, 6.45) is 2.95. The lowest BCUT2D eigenvalue weighted by Gasteiger charge is -2.39. The topological polar surface area (TPSA) is 78.6 Å². The second-order valence-electron chi connectivity index (χ2n) is 9.19. The van der Waals surface area contributed by atoms with Crippen LogP contribution in [0, 0.1) is 13.8 Å². The third-order valence-electron chi connectivity index (χ3n) is 6.73. The first-order valence-corrected chi connectivity index (χ1v) is 11.9. The Labute approximate surface area is 205 Å². The van der Waals surface area contributed by atoms with Crippen molar-refractivity contribution in [1.82, 2.24) is 4.98 Å². The second-order valence-corrected chi connectivity index (χ2v) is 9.19. The van der Waals surface area contributed by atoms with E-state index in [-0.39, 0.29) is 5.91 Å². The Morgan fingerprint density at radius 1 is 1.00 bits per heavy atom. The average molecular weight is 468 g/mol. The van der Waals surface area contributed by atoms with E-state index in [1.165, 1.54) is 5.56 Å². The number of aryl methyl sites for hydroxylation is 2. The Kier molecular flexibility index (Phi) is 6.14. The number of carbonyl (C=O) groups excluding carboxylic acids is 1. The molecule has 1 fully saturated rings. The van der Waals surface area contributed by atoms with Gasteiger partial charge in [0.1, 0.15) is 17.3 Å². The van der Waals surface area contributed by atoms with Crippen molar-refractivity contribution in [1.29, 1.82) is 0 Å². The molecule has 6 nitrogen and oxygen atoms in total. The number of hydrogen-bond donors (Lipinski definition) is 2. The van der Waals surface area contributed by atoms with E-state index < -0.39 is 5.60 Å². The van der Waals surface area contributed by atoms with Gasteiger partial charge >= 0.3 is 0 Å². The number of nitrogens with one attached hydrogen (secondary N) is 1. The molecule has 35 heavy (non-hydrogen) atoms. The number of benzene rings is 2. The van der Waals surface area contributed by atoms with Gasteiger partial charge in [0.15, 0.2) is 0 Å². The first-order chi connectivity index (χ1) is 16.9. The molecular formula is C29H29N3O3. The molecule has 2 aromatic carbocycles. The van der Waals surface area contributed by atoms with Crippen LogP contribution in [0.4, 0.5) is 11.5 Å². The normalized spacial score (nSPS) is 15.1. The number of hydrogen-bond acceptors (Lipinski definition) is 5. The molecule has 4 aromatic rings. The molecule has 0 unspecified atom stereocenters. The van der Waals surface area contributed by atoms with Crippen LogP contribution in [0.5, 0.6) is 0 Å². The zero-order valence-corrected chi connectivity index (χ0v) is 20.0. The molecule has 2 aromatic heterocycles. The fourth-order valence-corrected chi connectivity index (χ4v) is 4.56. The van der Waals surface area contributed by atoms with E-state index in [2.05, 4.69) is 15.2 Å². The van der Waals surface area contributed by atoms with Gasteiger partial charge in [-0.3, -0.25) is 4.79 Å². The average Bonchev–Trinajstić information content (AvgIpc) is 3.28. The number of carbonyl (C=O) groups is 1. The molecule has 5 rings (SSSR count). The van der Waals surface area contributed by atoms with Gasteiger partial charge in [0.05, 0.1) is 23.0 Å². The van der Waals surface area contributed by atoms with Crippen molar-refractivity contribution in [3.8, 4) is 11.3 Å². The third-order valence-corrected chi connectivity index (χ3v) is 6.73. The van der Waals surface area contributed by atoms with Gasteiger partial charge in [0, 0.05) is 18.7 Å². The summed E-state index contributed by atoms with van der Waals surface area (Å²) in [7, 11) is 0. The molecule has 0 atom stereocenters. The molecule has 0 radical (unpaired) electrons. The van der Waals surface area contributed by atoms with Gasteiger partial charge in [-0.2, -0.15) is 0 Å². The lowest BCUT2D eigenvalue weighted by atomic mass is 9.84. The van der Waals surface area contributed by atoms with Crippen LogP contribution in [0.3, 0.4) is 0 Å². The van der Waals surface area contributed by atoms with E-state index in [1.807, 2.05) is 73.7 Å². The van der Waals surface area contributed by atoms with Crippen molar-refractivity contribution in [2.75, 3.05) is 23.3 Å². The fourth-order valence-electron chi connectivity index (χ4n) is 4.56. The molecule has 0 saturated carbocycles. The third kappa shape index (κ3) is 4.84. The predicted molar refractivity (Wildman–Crippen MR) is 138 cm³/mol. The van der Waals surface area contributed by atoms with Gasteiger partial charge < -0.3 is 19.7 Å². The maximum atomic E-state index is 12.9. The minimum absolute atomic E-state index is 0.231. The Morgan fingerprint density at radius 3 is 2.37 bits per heavy atom. The molecule has 0 bridgehead atoms. The smallest absolute Gasteiger partial charge is 0.259 e. The number of aliphatic hydroxyl groups is 1. The Bertz CT molecular complexity index is 1300. The number of amides is 1. The zero-order chi connectivity index (χ0) is 24.4. The number of furan rings is 1. The molecule has 2 N–H and O–H groups in total. The van der Waals surface area contributed by atoms with Crippen LogP contribution in [0.25, 0.3) is 11.3 Å². The monoisotopic (exact) mass is 467 g/mol. The minimum atomic E-state index is -0.800. The summed E-state index contributed by atoms with van der Waals surface area (Å²) in [4.78, 5) is 19.6. The summed E-state index contributed by atoms with van der Waals surface area (Å²) in [5, 5.41) is 14.0. The Balaban J connectivity index is 1.22. The van der Waals surface area contributed by atoms with Crippen molar-refractivity contribution in [2.24, 2.45) is 0 Å². The summed E-state index contributed by atoms with van der Waals surface area (Å²) in [5.74, 6) is 1.84. The number of pyridine rings is 1. The van der Waals surface area contributed by atoms with E-state index in [1.54, 1.807) is 19.2 Å². The molecule has 6 heteroatoms. The number of piperidine rings is 1. The molecule has 1 aliphatic rings. The van der Waals surface area contributed by atoms with Crippen molar-refractivity contribution in [3.05, 3.63) is 101 Å². The molecule has 0 aliphatic carbocycles. The van der Waals surface area contributed by atoms with E-state index >= 15 is 0 Å². The van der Waals surface area contributed by atoms with Crippen LogP contribution in [0.15, 0.2) is 83.4 Å². The van der Waals surface area contributed by atoms with Crippen molar-refractivity contribution in [3.63, 3.8) is 0 Å². The van der Waals surface area contributed by atoms with E-state index in [0.29, 0.717) is 48.7 Å². The highest BCUT2D eigenvalue weighted by molar-refractivity contribution is 6.05. The summed E-state index contributed by atoms with van der Waals surface area (Å²) in [6.45, 7) is 5.24. The van der Waals surface area contributed by atoms with E-state index in [0.717, 1.165) is 16.9 Å². The summed E-state index contributed by atoms with van der Waals surface area (Å²) < 4.78 is 5.84. The zero-order valence-electron chi connectivity index (χ0n) is 20.0. The maximum Gasteiger partial charge on any atom is 0.259 e. The quantitative estimate of drug-likeness (QED) is 0.394. The van der Waals surface area contributed by atoms with Crippen LogP contribution in [-0.2, 0) is 5.60 Å². The van der Waals surface area contributed by atoms with Crippen LogP contribution in [0.2, 0.25) is 0 Å². The van der Waals surface area contributed by atoms with Crippen molar-refractivity contribution < 1.29 is 14.3 Å². The number of rotatable bonds is 5. The highest BCUT2D eigenvalue weighted by Gasteiger charge is 2.34. The van der Waals surface area contributed by atoms with Gasteiger partial charge in [0.25, 0.3) is 5.91 Å². The van der Waals surface area contributed by atoms with E-state index in [9.17, 15) is 9.90 Å². The largest absolute Gasteiger partial charge is 0.461 e. The summed E-state index contributed by atoms with van der Waals surface area (Å²) in [5.41, 5.74) is 3.39. The molecule has 1 aliphatic heterocycles. The van der Waals surface area contributed by atoms with Crippen LogP contribution < -0.4 is 10.2 Å². The minimum Gasteiger partial charge on any atom is -0.461 e. The van der Waals surface area contributed by atoms with Gasteiger partial charge in [0.2, 0.25) is 0 Å². The lowest BCUT2D eigenvalue weighted by molar-refractivity contribution is 0.0116. The fraction of sp³-hybridized carbons (Fsp3) is 0.241. The highest BCUT2D eigenvalue weighted by Crippen LogP contribution is 2.34. The number of aromatic nitrogens is 1. The molecule has 1 amide bonds. The van der Waals surface area contributed by atoms with E-state index in [4.69, 9.17) is 4.42 Å². The van der Waals surface area contributed by atoms with Gasteiger partial charge in [-0.15, -0.1) is 0 Å². The van der Waals surface area contributed by atoms with Crippen LogP contribution >= 0.6 is 0 Å². The van der Waals surface area contributed by atoms with Gasteiger partial charge in [-0.25, -0.2) is 4.98 Å². The standard InChI is InChI=1S/C29H29N3O3/c1-20-8-10-22(11-9-20)26-18-25(21(2)35-26)28(33)31-24-12-13-27(30-19-24)32-16-14-29(34,15-17-32)23-6-4-3-5-7-23/h3-13,18-19,34H,14-17H2,1-2H3,(H,31,33). The maximum absolute atomic E-state index is 12.9. The molecule has 1 saturated heterocycles. The van der Waals surface area contributed by atoms with Gasteiger partial charge in [-0.05, 0) is 50.5 Å². The summed E-state index contributed by atoms with van der Waals surface area (Å²) in [6, 6.07) is 23.4. The SMILES string of the molecule is Cc1ccc(-c2cc(C(=O)Nc3ccc(N4CCC(O)(c5ccccc5)CC4)nc3)c(C)o2)cc1. The number of nitrogens with zero attached hydrogens (tertiary/aromatic N) is 2. The summed E-state index contributed by atoms with van der Waals surface area (Å²) >= 11 is 0. The first-order valence-electron chi connectivity index (χ1n) is 11.9. The highest BCUT2D eigenvalue weighted by atomic mass is 16.3.